The van der Waals surface area contributed by atoms with Crippen molar-refractivity contribution in [1.82, 2.24) is 4.98 Å². The van der Waals surface area contributed by atoms with Crippen LogP contribution in [0, 0.1) is 6.92 Å². The number of H-pyrrole nitrogens is 1. The Kier molecular flexibility index (Phi) is 6.69. The molecule has 2 aromatic rings. The Morgan fingerprint density at radius 2 is 1.81 bits per heavy atom. The molecular formula is C19H23ClN2O4. The first-order valence-electron chi connectivity index (χ1n) is 8.41. The van der Waals surface area contributed by atoms with Crippen LogP contribution in [0.15, 0.2) is 24.3 Å². The Morgan fingerprint density at radius 3 is 2.42 bits per heavy atom. The Morgan fingerprint density at radius 1 is 1.15 bits per heavy atom. The maximum atomic E-state index is 12.4. The summed E-state index contributed by atoms with van der Waals surface area (Å²) in [5.41, 5.74) is 2.07. The van der Waals surface area contributed by atoms with E-state index in [1.807, 2.05) is 30.1 Å². The van der Waals surface area contributed by atoms with Gasteiger partial charge in [-0.1, -0.05) is 23.7 Å². The van der Waals surface area contributed by atoms with Gasteiger partial charge in [-0.05, 0) is 44.0 Å². The maximum Gasteiger partial charge on any atom is 0.355 e. The Labute approximate surface area is 158 Å². The molecule has 140 valence electrons. The fraction of sp³-hybridized carbons (Fsp3) is 0.368. The lowest BCUT2D eigenvalue weighted by Crippen LogP contribution is -2.20. The van der Waals surface area contributed by atoms with Gasteiger partial charge in [0.25, 0.3) is 0 Å². The van der Waals surface area contributed by atoms with Gasteiger partial charge in [0.2, 0.25) is 0 Å². The SMILES string of the molecule is CCOC(=O)c1[nH]c(N(C)Cc2cccc(Cl)c2)c(C(=O)OCC)c1C. The molecule has 1 aromatic carbocycles. The summed E-state index contributed by atoms with van der Waals surface area (Å²) in [6.07, 6.45) is 0. The maximum absolute atomic E-state index is 12.4. The molecule has 0 fully saturated rings. The number of nitrogens with one attached hydrogen (secondary N) is 1. The third-order valence-electron chi connectivity index (χ3n) is 3.88. The number of hydrogen-bond donors (Lipinski definition) is 1. The van der Waals surface area contributed by atoms with Crippen LogP contribution in [0.4, 0.5) is 5.82 Å². The molecule has 1 heterocycles. The van der Waals surface area contributed by atoms with Crippen molar-refractivity contribution >= 4 is 29.4 Å². The van der Waals surface area contributed by atoms with Crippen molar-refractivity contribution in [2.45, 2.75) is 27.3 Å². The molecule has 0 amide bonds. The number of rotatable bonds is 7. The largest absolute Gasteiger partial charge is 0.462 e. The van der Waals surface area contributed by atoms with Gasteiger partial charge in [0.05, 0.1) is 13.2 Å². The second-order valence-corrected chi connectivity index (χ2v) is 6.21. The van der Waals surface area contributed by atoms with Gasteiger partial charge < -0.3 is 19.4 Å². The van der Waals surface area contributed by atoms with Crippen molar-refractivity contribution in [3.8, 4) is 0 Å². The zero-order valence-corrected chi connectivity index (χ0v) is 16.1. The van der Waals surface area contributed by atoms with Gasteiger partial charge >= 0.3 is 11.9 Å². The second-order valence-electron chi connectivity index (χ2n) is 5.78. The topological polar surface area (TPSA) is 71.6 Å². The molecule has 0 radical (unpaired) electrons. The number of esters is 2. The normalized spacial score (nSPS) is 10.5. The average molecular weight is 379 g/mol. The van der Waals surface area contributed by atoms with Gasteiger partial charge in [0, 0.05) is 18.6 Å². The number of benzene rings is 1. The Balaban J connectivity index is 2.42. The van der Waals surface area contributed by atoms with Crippen LogP contribution in [-0.4, -0.2) is 37.2 Å². The molecule has 1 aromatic heterocycles. The van der Waals surface area contributed by atoms with E-state index in [4.69, 9.17) is 21.1 Å². The molecule has 0 saturated carbocycles. The number of nitrogens with zero attached hydrogens (tertiary/aromatic N) is 1. The van der Waals surface area contributed by atoms with E-state index in [2.05, 4.69) is 4.98 Å². The molecule has 0 aliphatic rings. The van der Waals surface area contributed by atoms with Crippen LogP contribution in [0.2, 0.25) is 5.02 Å². The lowest BCUT2D eigenvalue weighted by Gasteiger charge is -2.19. The minimum Gasteiger partial charge on any atom is -0.462 e. The summed E-state index contributed by atoms with van der Waals surface area (Å²) in [5.74, 6) is -0.480. The van der Waals surface area contributed by atoms with E-state index in [0.717, 1.165) is 5.56 Å². The summed E-state index contributed by atoms with van der Waals surface area (Å²) < 4.78 is 10.2. The first-order chi connectivity index (χ1) is 12.4. The molecule has 0 aliphatic heterocycles. The fourth-order valence-corrected chi connectivity index (χ4v) is 2.93. The summed E-state index contributed by atoms with van der Waals surface area (Å²) in [6.45, 7) is 6.16. The van der Waals surface area contributed by atoms with Crippen molar-refractivity contribution in [2.75, 3.05) is 25.2 Å². The van der Waals surface area contributed by atoms with Crippen LogP contribution in [0.25, 0.3) is 0 Å². The zero-order chi connectivity index (χ0) is 19.3. The standard InChI is InChI=1S/C19H23ClN2O4/c1-5-25-18(23)15-12(3)16(19(24)26-6-2)21-17(15)22(4)11-13-8-7-9-14(20)10-13/h7-10,21H,5-6,11H2,1-4H3. The lowest BCUT2D eigenvalue weighted by atomic mass is 10.1. The van der Waals surface area contributed by atoms with Crippen molar-refractivity contribution in [2.24, 2.45) is 0 Å². The number of ether oxygens (including phenoxy) is 2. The van der Waals surface area contributed by atoms with Gasteiger partial charge in [0.15, 0.2) is 0 Å². The predicted molar refractivity (Wildman–Crippen MR) is 101 cm³/mol. The minimum absolute atomic E-state index is 0.246. The highest BCUT2D eigenvalue weighted by molar-refractivity contribution is 6.30. The molecule has 0 bridgehead atoms. The zero-order valence-electron chi connectivity index (χ0n) is 15.4. The van der Waals surface area contributed by atoms with E-state index in [-0.39, 0.29) is 18.9 Å². The van der Waals surface area contributed by atoms with Crippen LogP contribution >= 0.6 is 11.6 Å². The van der Waals surface area contributed by atoms with E-state index in [1.165, 1.54) is 0 Å². The summed E-state index contributed by atoms with van der Waals surface area (Å²) in [7, 11) is 1.82. The number of aromatic amines is 1. The highest BCUT2D eigenvalue weighted by atomic mass is 35.5. The summed E-state index contributed by atoms with van der Waals surface area (Å²) in [5, 5.41) is 0.636. The predicted octanol–water partition coefficient (Wildman–Crippen LogP) is 3.97. The molecule has 0 unspecified atom stereocenters. The molecule has 1 N–H and O–H groups in total. The first kappa shape index (κ1) is 19.8. The number of hydrogen-bond acceptors (Lipinski definition) is 5. The summed E-state index contributed by atoms with van der Waals surface area (Å²) in [6, 6.07) is 7.45. The number of carbonyl (C=O) groups excluding carboxylic acids is 2. The van der Waals surface area contributed by atoms with Crippen molar-refractivity contribution in [1.29, 1.82) is 0 Å². The Hall–Kier alpha value is -2.47. The van der Waals surface area contributed by atoms with E-state index in [1.54, 1.807) is 26.8 Å². The van der Waals surface area contributed by atoms with Gasteiger partial charge in [-0.25, -0.2) is 9.59 Å². The van der Waals surface area contributed by atoms with Gasteiger partial charge in [0.1, 0.15) is 17.1 Å². The molecule has 26 heavy (non-hydrogen) atoms. The molecule has 6 nitrogen and oxygen atoms in total. The van der Waals surface area contributed by atoms with Gasteiger partial charge in [-0.2, -0.15) is 0 Å². The number of aromatic nitrogens is 1. The monoisotopic (exact) mass is 378 g/mol. The molecule has 7 heteroatoms. The molecule has 2 rings (SSSR count). The van der Waals surface area contributed by atoms with E-state index in [0.29, 0.717) is 28.5 Å². The van der Waals surface area contributed by atoms with Crippen LogP contribution in [0.5, 0.6) is 0 Å². The molecule has 0 saturated heterocycles. The van der Waals surface area contributed by atoms with Crippen LogP contribution in [-0.2, 0) is 16.0 Å². The third-order valence-corrected chi connectivity index (χ3v) is 4.11. The number of halogens is 1. The van der Waals surface area contributed by atoms with Crippen LogP contribution in [0.3, 0.4) is 0 Å². The quantitative estimate of drug-likeness (QED) is 0.738. The fourth-order valence-electron chi connectivity index (χ4n) is 2.71. The molecule has 0 spiro atoms. The number of anilines is 1. The average Bonchev–Trinajstić information content (AvgIpc) is 2.93. The van der Waals surface area contributed by atoms with Crippen LogP contribution in [0.1, 0.15) is 45.8 Å². The van der Waals surface area contributed by atoms with E-state index < -0.39 is 11.9 Å². The van der Waals surface area contributed by atoms with Gasteiger partial charge in [-0.15, -0.1) is 0 Å². The smallest absolute Gasteiger partial charge is 0.355 e. The summed E-state index contributed by atoms with van der Waals surface area (Å²) in [4.78, 5) is 29.5. The molecule has 0 atom stereocenters. The van der Waals surface area contributed by atoms with Gasteiger partial charge in [-0.3, -0.25) is 0 Å². The first-order valence-corrected chi connectivity index (χ1v) is 8.79. The lowest BCUT2D eigenvalue weighted by molar-refractivity contribution is 0.0518. The third kappa shape index (κ3) is 4.38. The number of carbonyl (C=O) groups is 2. The molecule has 0 aliphatic carbocycles. The van der Waals surface area contributed by atoms with E-state index in [9.17, 15) is 9.59 Å². The second kappa shape index (κ2) is 8.76. The highest BCUT2D eigenvalue weighted by Crippen LogP contribution is 2.28. The van der Waals surface area contributed by atoms with Crippen molar-refractivity contribution in [3.05, 3.63) is 51.7 Å². The van der Waals surface area contributed by atoms with E-state index >= 15 is 0 Å². The molecular weight excluding hydrogens is 356 g/mol. The Bertz CT molecular complexity index is 801. The minimum atomic E-state index is -0.502. The van der Waals surface area contributed by atoms with Crippen molar-refractivity contribution < 1.29 is 19.1 Å². The highest BCUT2D eigenvalue weighted by Gasteiger charge is 2.27. The summed E-state index contributed by atoms with van der Waals surface area (Å²) >= 11 is 6.04. The van der Waals surface area contributed by atoms with Crippen molar-refractivity contribution in [3.63, 3.8) is 0 Å². The van der Waals surface area contributed by atoms with Crippen LogP contribution < -0.4 is 4.90 Å².